The van der Waals surface area contributed by atoms with Gasteiger partial charge >= 0.3 is 11.9 Å². The first-order valence-corrected chi connectivity index (χ1v) is 6.38. The van der Waals surface area contributed by atoms with Crippen LogP contribution in [0, 0.1) is 0 Å². The van der Waals surface area contributed by atoms with Crippen molar-refractivity contribution in [3.05, 3.63) is 0 Å². The molecule has 0 aliphatic carbocycles. The van der Waals surface area contributed by atoms with Gasteiger partial charge in [0, 0.05) is 0 Å². The topological polar surface area (TPSA) is 52.6 Å². The number of carbonyl (C=O) groups excluding carboxylic acids is 2. The molecule has 0 N–H and O–H groups in total. The first kappa shape index (κ1) is 13.9. The fourth-order valence-electron chi connectivity index (χ4n) is 0.653. The zero-order chi connectivity index (χ0) is 10.8. The lowest BCUT2D eigenvalue weighted by Crippen LogP contribution is -2.09. The Morgan fingerprint density at radius 3 is 1.50 bits per heavy atom. The quantitative estimate of drug-likeness (QED) is 0.404. The van der Waals surface area contributed by atoms with Gasteiger partial charge in [0.2, 0.25) is 0 Å². The van der Waals surface area contributed by atoms with Crippen LogP contribution in [0.3, 0.4) is 0 Å². The molecule has 0 aromatic rings. The third-order valence-corrected chi connectivity index (χ3v) is 2.20. The van der Waals surface area contributed by atoms with E-state index in [9.17, 15) is 9.59 Å². The van der Waals surface area contributed by atoms with Crippen LogP contribution in [0.4, 0.5) is 0 Å². The molecule has 0 spiro atoms. The van der Waals surface area contributed by atoms with Crippen LogP contribution in [-0.2, 0) is 19.1 Å². The maximum absolute atomic E-state index is 10.6. The van der Waals surface area contributed by atoms with E-state index in [0.717, 1.165) is 0 Å². The van der Waals surface area contributed by atoms with Gasteiger partial charge in [-0.05, 0) is 12.8 Å². The van der Waals surface area contributed by atoms with E-state index in [0.29, 0.717) is 26.1 Å². The standard InChI is InChI=1S/C8H12Br2O4/c9-5-7(11)13-3-1-2-4-14-8(12)6-10/h1-6H2. The average molecular weight is 332 g/mol. The van der Waals surface area contributed by atoms with Gasteiger partial charge in [-0.2, -0.15) is 0 Å². The van der Waals surface area contributed by atoms with Crippen molar-refractivity contribution in [2.24, 2.45) is 0 Å². The zero-order valence-corrected chi connectivity index (χ0v) is 10.8. The number of halogens is 2. The van der Waals surface area contributed by atoms with E-state index in [1.165, 1.54) is 0 Å². The summed E-state index contributed by atoms with van der Waals surface area (Å²) in [5.41, 5.74) is 0. The highest BCUT2D eigenvalue weighted by atomic mass is 79.9. The van der Waals surface area contributed by atoms with Crippen molar-refractivity contribution in [2.45, 2.75) is 12.8 Å². The Balaban J connectivity index is 3.14. The van der Waals surface area contributed by atoms with Crippen LogP contribution in [0.5, 0.6) is 0 Å². The van der Waals surface area contributed by atoms with Gasteiger partial charge in [0.15, 0.2) is 0 Å². The molecule has 82 valence electrons. The van der Waals surface area contributed by atoms with Crippen molar-refractivity contribution in [3.8, 4) is 0 Å². The molecule has 0 aromatic carbocycles. The highest BCUT2D eigenvalue weighted by Gasteiger charge is 2.00. The summed E-state index contributed by atoms with van der Waals surface area (Å²) in [5.74, 6) is -0.551. The minimum Gasteiger partial charge on any atom is -0.465 e. The second-order valence-electron chi connectivity index (χ2n) is 2.42. The lowest BCUT2D eigenvalue weighted by Gasteiger charge is -2.03. The Hall–Kier alpha value is -0.100. The van der Waals surface area contributed by atoms with E-state index >= 15 is 0 Å². The van der Waals surface area contributed by atoms with Crippen molar-refractivity contribution >= 4 is 43.8 Å². The molecule has 0 amide bonds. The van der Waals surface area contributed by atoms with Gasteiger partial charge in [-0.25, -0.2) is 0 Å². The lowest BCUT2D eigenvalue weighted by atomic mass is 10.3. The van der Waals surface area contributed by atoms with Gasteiger partial charge in [0.05, 0.1) is 13.2 Å². The molecule has 0 atom stereocenters. The van der Waals surface area contributed by atoms with Crippen molar-refractivity contribution in [1.82, 2.24) is 0 Å². The molecule has 0 heterocycles. The Kier molecular flexibility index (Phi) is 9.39. The molecule has 4 nitrogen and oxygen atoms in total. The molecule has 0 aromatic heterocycles. The number of ether oxygens (including phenoxy) is 2. The summed E-state index contributed by atoms with van der Waals surface area (Å²) in [6, 6.07) is 0. The maximum atomic E-state index is 10.6. The number of rotatable bonds is 7. The lowest BCUT2D eigenvalue weighted by molar-refractivity contribution is -0.142. The molecule has 0 fully saturated rings. The number of hydrogen-bond donors (Lipinski definition) is 0. The molecule has 0 rings (SSSR count). The van der Waals surface area contributed by atoms with E-state index in [1.54, 1.807) is 0 Å². The highest BCUT2D eigenvalue weighted by molar-refractivity contribution is 9.09. The molecule has 0 aliphatic heterocycles. The summed E-state index contributed by atoms with van der Waals surface area (Å²) in [5, 5.41) is 0.428. The van der Waals surface area contributed by atoms with Crippen LogP contribution in [-0.4, -0.2) is 35.8 Å². The third-order valence-electron chi connectivity index (χ3n) is 1.28. The Morgan fingerprint density at radius 2 is 1.21 bits per heavy atom. The van der Waals surface area contributed by atoms with Crippen molar-refractivity contribution in [3.63, 3.8) is 0 Å². The van der Waals surface area contributed by atoms with Crippen LogP contribution in [0.25, 0.3) is 0 Å². The molecule has 0 unspecified atom stereocenters. The fourth-order valence-corrected chi connectivity index (χ4v) is 0.977. The predicted octanol–water partition coefficient (Wildman–Crippen LogP) is 1.64. The maximum Gasteiger partial charge on any atom is 0.316 e. The third kappa shape index (κ3) is 8.50. The van der Waals surface area contributed by atoms with Crippen molar-refractivity contribution < 1.29 is 19.1 Å². The molecule has 0 saturated carbocycles. The summed E-state index contributed by atoms with van der Waals surface area (Å²) in [6.45, 7) is 0.743. The first-order chi connectivity index (χ1) is 6.70. The van der Waals surface area contributed by atoms with Crippen LogP contribution in [0.15, 0.2) is 0 Å². The van der Waals surface area contributed by atoms with Gasteiger partial charge in [0.25, 0.3) is 0 Å². The normalized spacial score (nSPS) is 9.57. The largest absolute Gasteiger partial charge is 0.465 e. The monoisotopic (exact) mass is 330 g/mol. The van der Waals surface area contributed by atoms with E-state index in [2.05, 4.69) is 31.9 Å². The van der Waals surface area contributed by atoms with Gasteiger partial charge in [-0.15, -0.1) is 0 Å². The van der Waals surface area contributed by atoms with Gasteiger partial charge in [0.1, 0.15) is 10.7 Å². The predicted molar refractivity (Wildman–Crippen MR) is 58.7 cm³/mol. The minimum atomic E-state index is -0.276. The van der Waals surface area contributed by atoms with Crippen LogP contribution in [0.1, 0.15) is 12.8 Å². The number of esters is 2. The van der Waals surface area contributed by atoms with Crippen molar-refractivity contribution in [1.29, 1.82) is 0 Å². The van der Waals surface area contributed by atoms with E-state index in [1.807, 2.05) is 0 Å². The summed E-state index contributed by atoms with van der Waals surface area (Å²) < 4.78 is 9.58. The Morgan fingerprint density at radius 1 is 0.857 bits per heavy atom. The molecule has 14 heavy (non-hydrogen) atoms. The van der Waals surface area contributed by atoms with E-state index < -0.39 is 0 Å². The first-order valence-electron chi connectivity index (χ1n) is 4.14. The molecule has 6 heteroatoms. The highest BCUT2D eigenvalue weighted by Crippen LogP contribution is 1.95. The van der Waals surface area contributed by atoms with Crippen LogP contribution < -0.4 is 0 Å². The Bertz CT molecular complexity index is 164. The summed E-state index contributed by atoms with van der Waals surface area (Å²) in [7, 11) is 0. The van der Waals surface area contributed by atoms with Crippen LogP contribution >= 0.6 is 31.9 Å². The van der Waals surface area contributed by atoms with E-state index in [4.69, 9.17) is 9.47 Å². The minimum absolute atomic E-state index is 0.214. The van der Waals surface area contributed by atoms with Crippen LogP contribution in [0.2, 0.25) is 0 Å². The van der Waals surface area contributed by atoms with Crippen molar-refractivity contribution in [2.75, 3.05) is 23.9 Å². The number of alkyl halides is 2. The SMILES string of the molecule is O=C(CBr)OCCCCOC(=O)CBr. The second kappa shape index (κ2) is 9.45. The molecule has 0 bridgehead atoms. The molecular weight excluding hydrogens is 320 g/mol. The van der Waals surface area contributed by atoms with E-state index in [-0.39, 0.29) is 22.6 Å². The summed E-state index contributed by atoms with van der Waals surface area (Å²) in [6.07, 6.45) is 1.41. The average Bonchev–Trinajstić information content (AvgIpc) is 2.22. The molecular formula is C8H12Br2O4. The smallest absolute Gasteiger partial charge is 0.316 e. The Labute approximate surface area is 99.6 Å². The zero-order valence-electron chi connectivity index (χ0n) is 7.63. The summed E-state index contributed by atoms with van der Waals surface area (Å²) >= 11 is 5.95. The number of hydrogen-bond acceptors (Lipinski definition) is 4. The molecule has 0 aliphatic rings. The number of unbranched alkanes of at least 4 members (excludes halogenated alkanes) is 1. The van der Waals surface area contributed by atoms with Gasteiger partial charge < -0.3 is 9.47 Å². The molecule has 0 radical (unpaired) electrons. The second-order valence-corrected chi connectivity index (χ2v) is 3.54. The summed E-state index contributed by atoms with van der Waals surface area (Å²) in [4.78, 5) is 21.3. The fraction of sp³-hybridized carbons (Fsp3) is 0.750. The molecule has 0 saturated heterocycles. The van der Waals surface area contributed by atoms with Gasteiger partial charge in [-0.1, -0.05) is 31.9 Å². The van der Waals surface area contributed by atoms with Gasteiger partial charge in [-0.3, -0.25) is 9.59 Å². The number of carbonyl (C=O) groups is 2.